The summed E-state index contributed by atoms with van der Waals surface area (Å²) in [5, 5.41) is 12.0. The molecule has 1 aromatic carbocycles. The molecule has 0 saturated carbocycles. The minimum absolute atomic E-state index is 0.0699. The molecule has 0 saturated heterocycles. The summed E-state index contributed by atoms with van der Waals surface area (Å²) in [7, 11) is 0. The second-order valence-corrected chi connectivity index (χ2v) is 5.72. The lowest BCUT2D eigenvalue weighted by molar-refractivity contribution is -0.136. The second kappa shape index (κ2) is 6.99. The Kier molecular flexibility index (Phi) is 5.05. The number of anilines is 1. The van der Waals surface area contributed by atoms with Gasteiger partial charge in [0.15, 0.2) is 5.13 Å². The first kappa shape index (κ1) is 15.2. The van der Waals surface area contributed by atoms with Crippen LogP contribution in [0.15, 0.2) is 30.3 Å². The number of thiazole rings is 1. The van der Waals surface area contributed by atoms with Crippen LogP contribution in [0.1, 0.15) is 22.6 Å². The number of carboxylic acids is 1. The third-order valence-corrected chi connectivity index (χ3v) is 4.05. The van der Waals surface area contributed by atoms with Gasteiger partial charge in [0.05, 0.1) is 18.5 Å². The molecule has 21 heavy (non-hydrogen) atoms. The number of amides is 1. The van der Waals surface area contributed by atoms with Crippen molar-refractivity contribution in [1.29, 1.82) is 0 Å². The number of carbonyl (C=O) groups is 2. The van der Waals surface area contributed by atoms with Crippen LogP contribution in [-0.2, 0) is 22.4 Å². The molecule has 5 nitrogen and oxygen atoms in total. The van der Waals surface area contributed by atoms with Crippen molar-refractivity contribution in [3.63, 3.8) is 0 Å². The van der Waals surface area contributed by atoms with Gasteiger partial charge in [0.25, 0.3) is 0 Å². The van der Waals surface area contributed by atoms with E-state index in [-0.39, 0.29) is 12.3 Å². The maximum atomic E-state index is 11.9. The number of hydrogen-bond donors (Lipinski definition) is 2. The van der Waals surface area contributed by atoms with E-state index in [9.17, 15) is 9.59 Å². The molecule has 110 valence electrons. The molecule has 6 heteroatoms. The van der Waals surface area contributed by atoms with Gasteiger partial charge in [-0.3, -0.25) is 9.59 Å². The number of benzene rings is 1. The molecule has 0 fully saturated rings. The van der Waals surface area contributed by atoms with Crippen LogP contribution in [0.4, 0.5) is 5.13 Å². The summed E-state index contributed by atoms with van der Waals surface area (Å²) < 4.78 is 0. The average molecular weight is 304 g/mol. The highest BCUT2D eigenvalue weighted by molar-refractivity contribution is 7.15. The SMILES string of the molecule is Cc1nc(NC(=O)Cc2ccccc2)sc1CCC(=O)O. The Morgan fingerprint density at radius 1 is 1.29 bits per heavy atom. The Morgan fingerprint density at radius 2 is 2.00 bits per heavy atom. The predicted molar refractivity (Wildman–Crippen MR) is 81.6 cm³/mol. The van der Waals surface area contributed by atoms with Crippen LogP contribution < -0.4 is 5.32 Å². The first-order chi connectivity index (χ1) is 10.0. The van der Waals surface area contributed by atoms with Gasteiger partial charge in [-0.1, -0.05) is 30.3 Å². The maximum Gasteiger partial charge on any atom is 0.303 e. The van der Waals surface area contributed by atoms with Crippen LogP contribution in [0.25, 0.3) is 0 Å². The van der Waals surface area contributed by atoms with Crippen molar-refractivity contribution >= 4 is 28.3 Å². The maximum absolute atomic E-state index is 11.9. The summed E-state index contributed by atoms with van der Waals surface area (Å²) in [5.74, 6) is -0.961. The van der Waals surface area contributed by atoms with Crippen molar-refractivity contribution in [2.24, 2.45) is 0 Å². The monoisotopic (exact) mass is 304 g/mol. The van der Waals surface area contributed by atoms with Crippen LogP contribution in [0, 0.1) is 6.92 Å². The molecule has 0 bridgehead atoms. The van der Waals surface area contributed by atoms with Crippen molar-refractivity contribution < 1.29 is 14.7 Å². The fourth-order valence-electron chi connectivity index (χ4n) is 1.88. The summed E-state index contributed by atoms with van der Waals surface area (Å²) in [6.07, 6.45) is 0.803. The van der Waals surface area contributed by atoms with Gasteiger partial charge >= 0.3 is 5.97 Å². The van der Waals surface area contributed by atoms with Crippen molar-refractivity contribution in [2.75, 3.05) is 5.32 Å². The largest absolute Gasteiger partial charge is 0.481 e. The number of rotatable bonds is 6. The van der Waals surface area contributed by atoms with Crippen LogP contribution in [0.5, 0.6) is 0 Å². The number of aromatic nitrogens is 1. The van der Waals surface area contributed by atoms with Crippen LogP contribution in [0.3, 0.4) is 0 Å². The molecule has 0 aliphatic heterocycles. The predicted octanol–water partition coefficient (Wildman–Crippen LogP) is 2.65. The van der Waals surface area contributed by atoms with Gasteiger partial charge in [-0.2, -0.15) is 0 Å². The first-order valence-corrected chi connectivity index (χ1v) is 7.38. The zero-order valence-corrected chi connectivity index (χ0v) is 12.4. The summed E-state index contributed by atoms with van der Waals surface area (Å²) >= 11 is 1.33. The van der Waals surface area contributed by atoms with Gasteiger partial charge in [-0.15, -0.1) is 11.3 Å². The van der Waals surface area contributed by atoms with Crippen molar-refractivity contribution in [3.05, 3.63) is 46.5 Å². The lowest BCUT2D eigenvalue weighted by atomic mass is 10.1. The number of carbonyl (C=O) groups excluding carboxylic acids is 1. The lowest BCUT2D eigenvalue weighted by Crippen LogP contribution is -2.14. The summed E-state index contributed by atoms with van der Waals surface area (Å²) in [6, 6.07) is 9.47. The zero-order valence-electron chi connectivity index (χ0n) is 11.6. The van der Waals surface area contributed by atoms with E-state index in [0.29, 0.717) is 18.0 Å². The summed E-state index contributed by atoms with van der Waals surface area (Å²) in [5.41, 5.74) is 1.71. The average Bonchev–Trinajstić information content (AvgIpc) is 2.77. The molecule has 1 heterocycles. The quantitative estimate of drug-likeness (QED) is 0.860. The molecular weight excluding hydrogens is 288 g/mol. The summed E-state index contributed by atoms with van der Waals surface area (Å²) in [4.78, 5) is 27.7. The van der Waals surface area contributed by atoms with E-state index in [0.717, 1.165) is 16.1 Å². The van der Waals surface area contributed by atoms with E-state index >= 15 is 0 Å². The van der Waals surface area contributed by atoms with Gasteiger partial charge in [0.2, 0.25) is 5.91 Å². The van der Waals surface area contributed by atoms with Crippen molar-refractivity contribution in [3.8, 4) is 0 Å². The molecule has 0 spiro atoms. The van der Waals surface area contributed by atoms with E-state index in [1.165, 1.54) is 11.3 Å². The first-order valence-electron chi connectivity index (χ1n) is 6.56. The topological polar surface area (TPSA) is 79.3 Å². The van der Waals surface area contributed by atoms with E-state index in [2.05, 4.69) is 10.3 Å². The van der Waals surface area contributed by atoms with E-state index in [1.807, 2.05) is 37.3 Å². The van der Waals surface area contributed by atoms with Crippen LogP contribution in [-0.4, -0.2) is 22.0 Å². The van der Waals surface area contributed by atoms with E-state index in [4.69, 9.17) is 5.11 Å². The molecular formula is C15H16N2O3S. The third kappa shape index (κ3) is 4.68. The molecule has 0 unspecified atom stereocenters. The highest BCUT2D eigenvalue weighted by Gasteiger charge is 2.11. The lowest BCUT2D eigenvalue weighted by Gasteiger charge is -2.01. The van der Waals surface area contributed by atoms with Crippen molar-refractivity contribution in [2.45, 2.75) is 26.2 Å². The molecule has 0 radical (unpaired) electrons. The van der Waals surface area contributed by atoms with Gasteiger partial charge in [0.1, 0.15) is 0 Å². The third-order valence-electron chi connectivity index (χ3n) is 2.91. The van der Waals surface area contributed by atoms with Gasteiger partial charge in [-0.05, 0) is 18.9 Å². The zero-order chi connectivity index (χ0) is 15.2. The fourth-order valence-corrected chi connectivity index (χ4v) is 2.86. The Hall–Kier alpha value is -2.21. The number of nitrogens with zero attached hydrogens (tertiary/aromatic N) is 1. The molecule has 2 rings (SSSR count). The highest BCUT2D eigenvalue weighted by atomic mass is 32.1. The highest BCUT2D eigenvalue weighted by Crippen LogP contribution is 2.24. The Balaban J connectivity index is 1.95. The Morgan fingerprint density at radius 3 is 2.67 bits per heavy atom. The number of aryl methyl sites for hydroxylation is 2. The number of aliphatic carboxylic acids is 1. The number of carboxylic acid groups (broad SMARTS) is 1. The molecule has 2 aromatic rings. The number of nitrogens with one attached hydrogen (secondary N) is 1. The standard InChI is InChI=1S/C15H16N2O3S/c1-10-12(7-8-14(19)20)21-15(16-10)17-13(18)9-11-5-3-2-4-6-11/h2-6H,7-9H2,1H3,(H,19,20)(H,16,17,18). The number of hydrogen-bond acceptors (Lipinski definition) is 4. The van der Waals surface area contributed by atoms with Gasteiger partial charge in [0, 0.05) is 4.88 Å². The van der Waals surface area contributed by atoms with Gasteiger partial charge < -0.3 is 10.4 Å². The van der Waals surface area contributed by atoms with Crippen LogP contribution >= 0.6 is 11.3 Å². The second-order valence-electron chi connectivity index (χ2n) is 4.63. The Labute approximate surface area is 126 Å². The molecule has 1 aromatic heterocycles. The molecule has 0 atom stereocenters. The Bertz CT molecular complexity index is 638. The molecule has 1 amide bonds. The smallest absolute Gasteiger partial charge is 0.303 e. The molecule has 0 aliphatic rings. The van der Waals surface area contributed by atoms with Crippen molar-refractivity contribution in [1.82, 2.24) is 4.98 Å². The summed E-state index contributed by atoms with van der Waals surface area (Å²) in [6.45, 7) is 1.82. The fraction of sp³-hybridized carbons (Fsp3) is 0.267. The minimum atomic E-state index is -0.836. The van der Waals surface area contributed by atoms with Gasteiger partial charge in [-0.25, -0.2) is 4.98 Å². The minimum Gasteiger partial charge on any atom is -0.481 e. The van der Waals surface area contributed by atoms with Crippen LogP contribution in [0.2, 0.25) is 0 Å². The normalized spacial score (nSPS) is 10.3. The molecule has 2 N–H and O–H groups in total. The van der Waals surface area contributed by atoms with E-state index in [1.54, 1.807) is 0 Å². The van der Waals surface area contributed by atoms with E-state index < -0.39 is 5.97 Å². The molecule has 0 aliphatic carbocycles.